The molecule has 3 rings (SSSR count). The van der Waals surface area contributed by atoms with Gasteiger partial charge in [0.25, 0.3) is 5.91 Å². The number of hydrogen-bond donors (Lipinski definition) is 3. The van der Waals surface area contributed by atoms with Gasteiger partial charge >= 0.3 is 6.18 Å². The van der Waals surface area contributed by atoms with Gasteiger partial charge in [-0.1, -0.05) is 0 Å². The summed E-state index contributed by atoms with van der Waals surface area (Å²) in [5, 5.41) is 5.58. The number of aromatic nitrogens is 3. The Bertz CT molecular complexity index is 1170. The van der Waals surface area contributed by atoms with Crippen LogP contribution < -0.4 is 21.1 Å². The summed E-state index contributed by atoms with van der Waals surface area (Å²) < 4.78 is 43.4. The van der Waals surface area contributed by atoms with Gasteiger partial charge in [-0.15, -0.1) is 0 Å². The normalized spacial score (nSPS) is 12.0. The van der Waals surface area contributed by atoms with Crippen LogP contribution in [0.25, 0.3) is 11.4 Å². The number of carbonyl (C=O) groups is 2. The summed E-state index contributed by atoms with van der Waals surface area (Å²) in [6, 6.07) is 9.01. The molecule has 0 aliphatic heterocycles. The summed E-state index contributed by atoms with van der Waals surface area (Å²) in [6.07, 6.45) is -3.56. The highest BCUT2D eigenvalue weighted by molar-refractivity contribution is 5.92. The Morgan fingerprint density at radius 1 is 1.09 bits per heavy atom. The van der Waals surface area contributed by atoms with Crippen LogP contribution >= 0.6 is 0 Å². The molecule has 4 N–H and O–H groups in total. The van der Waals surface area contributed by atoms with E-state index >= 15 is 0 Å². The summed E-state index contributed by atoms with van der Waals surface area (Å²) in [7, 11) is 0. The molecule has 0 saturated heterocycles. The maximum absolute atomic E-state index is 12.6. The summed E-state index contributed by atoms with van der Waals surface area (Å²) in [6.45, 7) is 3.89. The molecule has 1 aromatic carbocycles. The molecule has 0 spiro atoms. The fourth-order valence-corrected chi connectivity index (χ4v) is 2.81. The lowest BCUT2D eigenvalue weighted by Crippen LogP contribution is -2.37. The van der Waals surface area contributed by atoms with E-state index in [1.165, 1.54) is 6.07 Å². The first-order valence-electron chi connectivity index (χ1n) is 10.1. The lowest BCUT2D eigenvalue weighted by atomic mass is 10.2. The number of halogens is 3. The van der Waals surface area contributed by atoms with E-state index in [4.69, 9.17) is 10.5 Å². The van der Waals surface area contributed by atoms with Gasteiger partial charge in [0, 0.05) is 18.2 Å². The number of hydrogen-bond acceptors (Lipinski definition) is 7. The zero-order valence-electron chi connectivity index (χ0n) is 18.2. The number of nitrogens with one attached hydrogen (secondary N) is 2. The van der Waals surface area contributed by atoms with Crippen LogP contribution in [0.15, 0.2) is 48.7 Å². The van der Waals surface area contributed by atoms with Crippen LogP contribution in [0.3, 0.4) is 0 Å². The van der Waals surface area contributed by atoms with Crippen LogP contribution in [0.2, 0.25) is 0 Å². The monoisotopic (exact) mass is 474 g/mol. The van der Waals surface area contributed by atoms with Crippen LogP contribution in [0.1, 0.15) is 30.0 Å². The van der Waals surface area contributed by atoms with Gasteiger partial charge < -0.3 is 21.1 Å². The Kier molecular flexibility index (Phi) is 7.29. The Balaban J connectivity index is 1.80. The molecule has 178 valence electrons. The Hall–Kier alpha value is -4.22. The smallest absolute Gasteiger partial charge is 0.433 e. The van der Waals surface area contributed by atoms with E-state index < -0.39 is 23.8 Å². The third kappa shape index (κ3) is 6.18. The second kappa shape index (κ2) is 10.1. The van der Waals surface area contributed by atoms with Crippen molar-refractivity contribution in [3.05, 3.63) is 60.0 Å². The minimum atomic E-state index is -4.54. The first-order valence-corrected chi connectivity index (χ1v) is 10.1. The molecular formula is C22H21F3N6O3. The minimum absolute atomic E-state index is 0.0493. The third-order valence-electron chi connectivity index (χ3n) is 4.46. The molecule has 34 heavy (non-hydrogen) atoms. The van der Waals surface area contributed by atoms with Crippen molar-refractivity contribution in [2.45, 2.75) is 26.1 Å². The average Bonchev–Trinajstić information content (AvgIpc) is 2.79. The molecule has 0 fully saturated rings. The number of anilines is 1. The molecule has 1 atom stereocenters. The molecular weight excluding hydrogens is 453 g/mol. The summed E-state index contributed by atoms with van der Waals surface area (Å²) in [4.78, 5) is 35.6. The molecule has 0 radical (unpaired) electrons. The van der Waals surface area contributed by atoms with Crippen molar-refractivity contribution in [2.75, 3.05) is 11.9 Å². The zero-order valence-corrected chi connectivity index (χ0v) is 18.2. The van der Waals surface area contributed by atoms with Gasteiger partial charge in [-0.25, -0.2) is 15.0 Å². The molecule has 1 unspecified atom stereocenters. The predicted octanol–water partition coefficient (Wildman–Crippen LogP) is 3.39. The zero-order chi connectivity index (χ0) is 24.9. The standard InChI is InChI=1S/C22H21F3N6O3/c1-3-27-21(33)12(2)29-18-10-16(19(26)32)30-20(31-18)13-4-6-14(7-5-13)34-15-8-9-17(28-11-15)22(23,24)25/h4-12H,3H2,1-2H3,(H2,26,32)(H,27,33)(H,29,30,31). The van der Waals surface area contributed by atoms with Crippen molar-refractivity contribution in [3.8, 4) is 22.9 Å². The number of likely N-dealkylation sites (N-methyl/N-ethyl adjacent to an activating group) is 1. The molecule has 12 heteroatoms. The van der Waals surface area contributed by atoms with Gasteiger partial charge in [-0.3, -0.25) is 9.59 Å². The number of nitrogens with two attached hydrogens (primary N) is 1. The summed E-state index contributed by atoms with van der Waals surface area (Å²) >= 11 is 0. The van der Waals surface area contributed by atoms with Crippen molar-refractivity contribution < 1.29 is 27.5 Å². The predicted molar refractivity (Wildman–Crippen MR) is 117 cm³/mol. The number of nitrogens with zero attached hydrogens (tertiary/aromatic N) is 3. The number of rotatable bonds is 8. The van der Waals surface area contributed by atoms with Crippen molar-refractivity contribution in [3.63, 3.8) is 0 Å². The number of pyridine rings is 1. The maximum Gasteiger partial charge on any atom is 0.433 e. The lowest BCUT2D eigenvalue weighted by molar-refractivity contribution is -0.141. The van der Waals surface area contributed by atoms with Crippen LogP contribution in [0, 0.1) is 0 Å². The number of amides is 2. The second-order valence-electron chi connectivity index (χ2n) is 7.09. The first-order chi connectivity index (χ1) is 16.1. The SMILES string of the molecule is CCNC(=O)C(C)Nc1cc(C(N)=O)nc(-c2ccc(Oc3ccc(C(F)(F)F)nc3)cc2)n1. The highest BCUT2D eigenvalue weighted by Crippen LogP contribution is 2.30. The Morgan fingerprint density at radius 2 is 1.76 bits per heavy atom. The van der Waals surface area contributed by atoms with E-state index in [-0.39, 0.29) is 29.0 Å². The summed E-state index contributed by atoms with van der Waals surface area (Å²) in [5.41, 5.74) is 4.82. The van der Waals surface area contributed by atoms with Gasteiger partial charge in [0.2, 0.25) is 5.91 Å². The van der Waals surface area contributed by atoms with Crippen molar-refractivity contribution in [1.82, 2.24) is 20.3 Å². The number of alkyl halides is 3. The van der Waals surface area contributed by atoms with Crippen LogP contribution in [-0.4, -0.2) is 39.4 Å². The lowest BCUT2D eigenvalue weighted by Gasteiger charge is -2.15. The molecule has 2 heterocycles. The quantitative estimate of drug-likeness (QED) is 0.456. The maximum atomic E-state index is 12.6. The van der Waals surface area contributed by atoms with Gasteiger partial charge in [-0.05, 0) is 50.2 Å². The van der Waals surface area contributed by atoms with Gasteiger partial charge in [0.15, 0.2) is 5.82 Å². The number of carbonyl (C=O) groups excluding carboxylic acids is 2. The average molecular weight is 474 g/mol. The first kappa shape index (κ1) is 24.4. The van der Waals surface area contributed by atoms with E-state index in [1.807, 2.05) is 0 Å². The van der Waals surface area contributed by atoms with Gasteiger partial charge in [-0.2, -0.15) is 13.2 Å². The van der Waals surface area contributed by atoms with E-state index in [1.54, 1.807) is 38.1 Å². The molecule has 2 amide bonds. The molecule has 2 aromatic heterocycles. The van der Waals surface area contributed by atoms with E-state index in [0.717, 1.165) is 18.3 Å². The van der Waals surface area contributed by atoms with Gasteiger partial charge in [0.05, 0.1) is 6.20 Å². The fraction of sp³-hybridized carbons (Fsp3) is 0.227. The molecule has 0 aliphatic carbocycles. The number of benzene rings is 1. The van der Waals surface area contributed by atoms with Crippen molar-refractivity contribution in [2.24, 2.45) is 5.73 Å². The van der Waals surface area contributed by atoms with Crippen LogP contribution in [0.5, 0.6) is 11.5 Å². The topological polar surface area (TPSA) is 132 Å². The summed E-state index contributed by atoms with van der Waals surface area (Å²) in [5.74, 6) is -0.161. The van der Waals surface area contributed by atoms with Crippen molar-refractivity contribution in [1.29, 1.82) is 0 Å². The highest BCUT2D eigenvalue weighted by atomic mass is 19.4. The highest BCUT2D eigenvalue weighted by Gasteiger charge is 2.32. The molecule has 0 aliphatic rings. The Labute approximate surface area is 192 Å². The molecule has 9 nitrogen and oxygen atoms in total. The fourth-order valence-electron chi connectivity index (χ4n) is 2.81. The van der Waals surface area contributed by atoms with E-state index in [9.17, 15) is 22.8 Å². The molecule has 3 aromatic rings. The number of primary amides is 1. The van der Waals surface area contributed by atoms with E-state index in [0.29, 0.717) is 17.9 Å². The van der Waals surface area contributed by atoms with Crippen molar-refractivity contribution >= 4 is 17.6 Å². The van der Waals surface area contributed by atoms with Crippen LogP contribution in [0.4, 0.5) is 19.0 Å². The van der Waals surface area contributed by atoms with Gasteiger partial charge in [0.1, 0.15) is 34.7 Å². The Morgan fingerprint density at radius 3 is 2.32 bits per heavy atom. The minimum Gasteiger partial charge on any atom is -0.456 e. The molecule has 0 bridgehead atoms. The second-order valence-corrected chi connectivity index (χ2v) is 7.09. The largest absolute Gasteiger partial charge is 0.456 e. The third-order valence-corrected chi connectivity index (χ3v) is 4.46. The molecule has 0 saturated carbocycles. The van der Waals surface area contributed by atoms with Crippen LogP contribution in [-0.2, 0) is 11.0 Å². The van der Waals surface area contributed by atoms with E-state index in [2.05, 4.69) is 25.6 Å². The number of ether oxygens (including phenoxy) is 1.